The molecule has 1 atom stereocenters. The van der Waals surface area contributed by atoms with Gasteiger partial charge in [0.15, 0.2) is 0 Å². The number of carbonyl (C=O) groups excluding carboxylic acids is 3. The predicted octanol–water partition coefficient (Wildman–Crippen LogP) is 0.831. The molecule has 0 heterocycles. The maximum Gasteiger partial charge on any atom is 0.243 e. The summed E-state index contributed by atoms with van der Waals surface area (Å²) in [6, 6.07) is 5.01. The summed E-state index contributed by atoms with van der Waals surface area (Å²) < 4.78 is 0. The zero-order valence-electron chi connectivity index (χ0n) is 13.0. The average Bonchev–Trinajstić information content (AvgIpc) is 2.52. The third kappa shape index (κ3) is 4.75. The van der Waals surface area contributed by atoms with Crippen LogP contribution in [0.4, 0.5) is 0 Å². The maximum absolute atomic E-state index is 12.0. The van der Waals surface area contributed by atoms with Crippen LogP contribution in [0.1, 0.15) is 41.3 Å². The Labute approximate surface area is 130 Å². The fourth-order valence-electron chi connectivity index (χ4n) is 2.40. The van der Waals surface area contributed by atoms with Crippen molar-refractivity contribution in [2.75, 3.05) is 7.05 Å². The van der Waals surface area contributed by atoms with Gasteiger partial charge in [0.2, 0.25) is 12.3 Å². The molecule has 3 N–H and O–H groups in total. The van der Waals surface area contributed by atoms with E-state index in [1.54, 1.807) is 13.1 Å². The summed E-state index contributed by atoms with van der Waals surface area (Å²) in [6.07, 6.45) is 2.63. The van der Waals surface area contributed by atoms with Gasteiger partial charge in [0.05, 0.1) is 6.04 Å². The molecule has 0 bridgehead atoms. The normalized spacial score (nSPS) is 12.0. The summed E-state index contributed by atoms with van der Waals surface area (Å²) >= 11 is 0. The van der Waals surface area contributed by atoms with E-state index in [1.165, 1.54) is 0 Å². The van der Waals surface area contributed by atoms with E-state index >= 15 is 0 Å². The van der Waals surface area contributed by atoms with Crippen molar-refractivity contribution in [3.8, 4) is 0 Å². The highest BCUT2D eigenvalue weighted by molar-refractivity contribution is 5.89. The number of nitrogens with zero attached hydrogens (tertiary/aromatic N) is 1. The number of aldehydes is 1. The van der Waals surface area contributed by atoms with Gasteiger partial charge < -0.3 is 5.73 Å². The topological polar surface area (TPSA) is 92.5 Å². The number of carbonyl (C=O) groups is 3. The van der Waals surface area contributed by atoms with Crippen LogP contribution in [0, 0.1) is 0 Å². The third-order valence-corrected chi connectivity index (χ3v) is 3.59. The summed E-state index contributed by atoms with van der Waals surface area (Å²) in [7, 11) is 1.80. The van der Waals surface area contributed by atoms with Crippen LogP contribution in [0.15, 0.2) is 18.2 Å². The minimum Gasteiger partial charge on any atom is -0.326 e. The van der Waals surface area contributed by atoms with Crippen molar-refractivity contribution in [2.24, 2.45) is 5.73 Å². The number of benzene rings is 1. The highest BCUT2D eigenvalue weighted by Crippen LogP contribution is 2.15. The lowest BCUT2D eigenvalue weighted by molar-refractivity contribution is -0.129. The molecule has 1 aromatic carbocycles. The molecule has 2 amide bonds. The standard InChI is InChI=1S/C16H23N3O3/c1-3-4-15(16(22)18-11-21)19(2)9-14-7-12(8-17)5-6-13(14)10-20/h5-7,10-11,15H,3-4,8-9,17H2,1-2H3,(H,18,21,22). The van der Waals surface area contributed by atoms with Crippen molar-refractivity contribution in [3.05, 3.63) is 34.9 Å². The van der Waals surface area contributed by atoms with E-state index in [0.29, 0.717) is 31.5 Å². The molecule has 0 aliphatic rings. The number of amides is 2. The van der Waals surface area contributed by atoms with Crippen LogP contribution >= 0.6 is 0 Å². The van der Waals surface area contributed by atoms with E-state index in [4.69, 9.17) is 5.73 Å². The monoisotopic (exact) mass is 305 g/mol. The molecule has 1 rings (SSSR count). The highest BCUT2D eigenvalue weighted by Gasteiger charge is 2.22. The number of likely N-dealkylation sites (N-methyl/N-ethyl adjacent to an activating group) is 1. The average molecular weight is 305 g/mol. The number of rotatable bonds is 9. The first-order valence-corrected chi connectivity index (χ1v) is 7.28. The Morgan fingerprint density at radius 1 is 1.41 bits per heavy atom. The zero-order valence-corrected chi connectivity index (χ0v) is 13.0. The van der Waals surface area contributed by atoms with Gasteiger partial charge in [-0.25, -0.2) is 0 Å². The van der Waals surface area contributed by atoms with E-state index in [1.807, 2.05) is 24.0 Å². The van der Waals surface area contributed by atoms with E-state index in [2.05, 4.69) is 5.32 Å². The molecule has 0 spiro atoms. The van der Waals surface area contributed by atoms with Gasteiger partial charge in [-0.3, -0.25) is 24.6 Å². The van der Waals surface area contributed by atoms with E-state index in [-0.39, 0.29) is 5.91 Å². The van der Waals surface area contributed by atoms with Crippen molar-refractivity contribution in [2.45, 2.75) is 38.9 Å². The second-order valence-electron chi connectivity index (χ2n) is 5.20. The van der Waals surface area contributed by atoms with Crippen molar-refractivity contribution in [1.29, 1.82) is 0 Å². The largest absolute Gasteiger partial charge is 0.326 e. The Hall–Kier alpha value is -2.05. The number of nitrogens with two attached hydrogens (primary N) is 1. The molecular formula is C16H23N3O3. The van der Waals surface area contributed by atoms with Crippen LogP contribution in [0.2, 0.25) is 0 Å². The van der Waals surface area contributed by atoms with Crippen molar-refractivity contribution in [3.63, 3.8) is 0 Å². The second-order valence-corrected chi connectivity index (χ2v) is 5.20. The predicted molar refractivity (Wildman–Crippen MR) is 84.1 cm³/mol. The molecule has 0 saturated heterocycles. The molecule has 6 heteroatoms. The molecule has 1 aromatic rings. The Morgan fingerprint density at radius 3 is 2.68 bits per heavy atom. The summed E-state index contributed by atoms with van der Waals surface area (Å²) in [4.78, 5) is 35.5. The van der Waals surface area contributed by atoms with Gasteiger partial charge in [0.1, 0.15) is 6.29 Å². The number of hydrogen-bond donors (Lipinski definition) is 2. The van der Waals surface area contributed by atoms with Gasteiger partial charge >= 0.3 is 0 Å². The number of imide groups is 1. The first kappa shape index (κ1) is 18.0. The smallest absolute Gasteiger partial charge is 0.243 e. The second kappa shape index (κ2) is 9.07. The summed E-state index contributed by atoms with van der Waals surface area (Å²) in [5.41, 5.74) is 7.96. The van der Waals surface area contributed by atoms with Gasteiger partial charge in [-0.2, -0.15) is 0 Å². The number of hydrogen-bond acceptors (Lipinski definition) is 5. The Balaban J connectivity index is 2.96. The summed E-state index contributed by atoms with van der Waals surface area (Å²) in [5, 5.41) is 2.20. The summed E-state index contributed by atoms with van der Waals surface area (Å²) in [5.74, 6) is -0.331. The van der Waals surface area contributed by atoms with Crippen LogP contribution in [0.25, 0.3) is 0 Å². The molecule has 0 aromatic heterocycles. The Morgan fingerprint density at radius 2 is 2.14 bits per heavy atom. The van der Waals surface area contributed by atoms with Gasteiger partial charge in [-0.1, -0.05) is 31.5 Å². The summed E-state index contributed by atoms with van der Waals surface area (Å²) in [6.45, 7) is 2.79. The van der Waals surface area contributed by atoms with E-state index < -0.39 is 6.04 Å². The van der Waals surface area contributed by atoms with Crippen molar-refractivity contribution >= 4 is 18.6 Å². The molecular weight excluding hydrogens is 282 g/mol. The minimum atomic E-state index is -0.420. The van der Waals surface area contributed by atoms with Crippen molar-refractivity contribution in [1.82, 2.24) is 10.2 Å². The lowest BCUT2D eigenvalue weighted by Gasteiger charge is -2.26. The molecule has 6 nitrogen and oxygen atoms in total. The van der Waals surface area contributed by atoms with Gasteiger partial charge in [0, 0.05) is 18.7 Å². The molecule has 0 aliphatic heterocycles. The fraction of sp³-hybridized carbons (Fsp3) is 0.438. The minimum absolute atomic E-state index is 0.331. The lowest BCUT2D eigenvalue weighted by Crippen LogP contribution is -2.44. The van der Waals surface area contributed by atoms with Crippen LogP contribution < -0.4 is 11.1 Å². The number of nitrogens with one attached hydrogen (secondary N) is 1. The van der Waals surface area contributed by atoms with Gasteiger partial charge in [-0.15, -0.1) is 0 Å². The molecule has 1 unspecified atom stereocenters. The molecule has 120 valence electrons. The van der Waals surface area contributed by atoms with E-state index in [9.17, 15) is 14.4 Å². The third-order valence-electron chi connectivity index (χ3n) is 3.59. The fourth-order valence-corrected chi connectivity index (χ4v) is 2.40. The quantitative estimate of drug-likeness (QED) is 0.659. The molecule has 22 heavy (non-hydrogen) atoms. The van der Waals surface area contributed by atoms with Crippen molar-refractivity contribution < 1.29 is 14.4 Å². The highest BCUT2D eigenvalue weighted by atomic mass is 16.2. The maximum atomic E-state index is 12.0. The van der Waals surface area contributed by atoms with Crippen LogP contribution in [-0.2, 0) is 22.7 Å². The lowest BCUT2D eigenvalue weighted by atomic mass is 10.0. The SMILES string of the molecule is CCCC(C(=O)NC=O)N(C)Cc1cc(CN)ccc1C=O. The van der Waals surface area contributed by atoms with E-state index in [0.717, 1.165) is 23.8 Å². The Bertz CT molecular complexity index is 531. The van der Waals surface area contributed by atoms with Crippen LogP contribution in [-0.4, -0.2) is 36.6 Å². The van der Waals surface area contributed by atoms with Crippen LogP contribution in [0.3, 0.4) is 0 Å². The molecule has 0 saturated carbocycles. The van der Waals surface area contributed by atoms with Gasteiger partial charge in [-0.05, 0) is 24.6 Å². The zero-order chi connectivity index (χ0) is 16.5. The molecule has 0 fully saturated rings. The van der Waals surface area contributed by atoms with Gasteiger partial charge in [0.25, 0.3) is 0 Å². The van der Waals surface area contributed by atoms with Crippen LogP contribution in [0.5, 0.6) is 0 Å². The first-order chi connectivity index (χ1) is 10.6. The Kier molecular flexibility index (Phi) is 7.42. The molecule has 0 aliphatic carbocycles. The first-order valence-electron chi connectivity index (χ1n) is 7.28. The molecule has 0 radical (unpaired) electrons.